The first-order valence-corrected chi connectivity index (χ1v) is 6.89. The maximum Gasteiger partial charge on any atom is 0.177 e. The molecule has 0 N–H and O–H groups in total. The van der Waals surface area contributed by atoms with Gasteiger partial charge in [-0.2, -0.15) is 0 Å². The van der Waals surface area contributed by atoms with Crippen LogP contribution in [0.5, 0.6) is 0 Å². The fraction of sp³-hybridized carbons (Fsp3) is 0.867. The second kappa shape index (κ2) is 5.50. The quantitative estimate of drug-likeness (QED) is 0.700. The summed E-state index contributed by atoms with van der Waals surface area (Å²) < 4.78 is 14.5. The van der Waals surface area contributed by atoms with Crippen molar-refractivity contribution in [2.75, 3.05) is 0 Å². The van der Waals surface area contributed by atoms with E-state index in [-0.39, 0.29) is 36.4 Å². The van der Waals surface area contributed by atoms with Crippen molar-refractivity contribution in [2.45, 2.75) is 71.9 Å². The molecule has 0 radical (unpaired) electrons. The van der Waals surface area contributed by atoms with Crippen molar-refractivity contribution in [3.05, 3.63) is 0 Å². The number of hydrogen-bond donors (Lipinski definition) is 0. The summed E-state index contributed by atoms with van der Waals surface area (Å²) in [5.41, 5.74) is -1.63. The average molecular weight is 256 g/mol. The molecule has 0 amide bonds. The third kappa shape index (κ3) is 4.18. The molecule has 1 rings (SSSR count). The predicted molar refractivity (Wildman–Crippen MR) is 70.2 cm³/mol. The molecule has 0 aromatic rings. The first-order valence-electron chi connectivity index (χ1n) is 6.89. The third-order valence-corrected chi connectivity index (χ3v) is 3.89. The standard InChI is InChI=1S/C15H25FO2/c1-11(2)9-12(17)10-13(18)15(16)7-5-14(3,4)6-8-15/h11H,5-10H2,1-4H3. The van der Waals surface area contributed by atoms with Gasteiger partial charge in [0, 0.05) is 6.42 Å². The smallest absolute Gasteiger partial charge is 0.177 e. The molecule has 0 unspecified atom stereocenters. The van der Waals surface area contributed by atoms with Crippen LogP contribution in [0.25, 0.3) is 0 Å². The Balaban J connectivity index is 2.54. The molecule has 18 heavy (non-hydrogen) atoms. The highest BCUT2D eigenvalue weighted by atomic mass is 19.1. The van der Waals surface area contributed by atoms with Crippen molar-refractivity contribution in [3.63, 3.8) is 0 Å². The van der Waals surface area contributed by atoms with Gasteiger partial charge in [-0.05, 0) is 37.0 Å². The van der Waals surface area contributed by atoms with Gasteiger partial charge in [-0.3, -0.25) is 9.59 Å². The zero-order valence-corrected chi connectivity index (χ0v) is 12.0. The van der Waals surface area contributed by atoms with Gasteiger partial charge in [-0.15, -0.1) is 0 Å². The SMILES string of the molecule is CC(C)CC(=O)CC(=O)C1(F)CCC(C)(C)CC1. The van der Waals surface area contributed by atoms with Crippen LogP contribution in [0.4, 0.5) is 4.39 Å². The van der Waals surface area contributed by atoms with Crippen molar-refractivity contribution < 1.29 is 14.0 Å². The molecule has 0 aromatic heterocycles. The number of halogens is 1. The summed E-state index contributed by atoms with van der Waals surface area (Å²) in [6.07, 6.45) is 2.12. The van der Waals surface area contributed by atoms with E-state index in [0.29, 0.717) is 19.3 Å². The van der Waals surface area contributed by atoms with Crippen LogP contribution in [0.2, 0.25) is 0 Å². The Morgan fingerprint density at radius 2 is 1.61 bits per heavy atom. The van der Waals surface area contributed by atoms with E-state index in [9.17, 15) is 14.0 Å². The Bertz CT molecular complexity index is 321. The average Bonchev–Trinajstić information content (AvgIpc) is 2.21. The first-order chi connectivity index (χ1) is 8.15. The van der Waals surface area contributed by atoms with E-state index in [4.69, 9.17) is 0 Å². The lowest BCUT2D eigenvalue weighted by molar-refractivity contribution is -0.138. The Hall–Kier alpha value is -0.730. The summed E-state index contributed by atoms with van der Waals surface area (Å²) in [5, 5.41) is 0. The van der Waals surface area contributed by atoms with Crippen LogP contribution < -0.4 is 0 Å². The summed E-state index contributed by atoms with van der Waals surface area (Å²) in [6, 6.07) is 0. The number of rotatable bonds is 5. The van der Waals surface area contributed by atoms with Crippen molar-refractivity contribution in [2.24, 2.45) is 11.3 Å². The number of Topliss-reactive ketones (excluding diaryl/α,β-unsaturated/α-hetero) is 2. The van der Waals surface area contributed by atoms with Crippen LogP contribution in [-0.4, -0.2) is 17.2 Å². The van der Waals surface area contributed by atoms with E-state index in [1.165, 1.54) is 0 Å². The van der Waals surface area contributed by atoms with Gasteiger partial charge in [0.1, 0.15) is 5.78 Å². The molecule has 0 bridgehead atoms. The van der Waals surface area contributed by atoms with E-state index >= 15 is 0 Å². The van der Waals surface area contributed by atoms with Crippen LogP contribution in [-0.2, 0) is 9.59 Å². The lowest BCUT2D eigenvalue weighted by atomic mass is 9.70. The lowest BCUT2D eigenvalue weighted by Gasteiger charge is -2.37. The van der Waals surface area contributed by atoms with Gasteiger partial charge in [-0.1, -0.05) is 27.7 Å². The molecule has 1 aliphatic rings. The van der Waals surface area contributed by atoms with E-state index in [1.807, 2.05) is 13.8 Å². The molecule has 0 aliphatic heterocycles. The highest BCUT2D eigenvalue weighted by Crippen LogP contribution is 2.43. The third-order valence-electron chi connectivity index (χ3n) is 3.89. The summed E-state index contributed by atoms with van der Waals surface area (Å²) >= 11 is 0. The van der Waals surface area contributed by atoms with Gasteiger partial charge in [0.15, 0.2) is 11.5 Å². The van der Waals surface area contributed by atoms with Crippen LogP contribution in [0.3, 0.4) is 0 Å². The highest BCUT2D eigenvalue weighted by molar-refractivity contribution is 6.03. The van der Waals surface area contributed by atoms with Crippen LogP contribution >= 0.6 is 0 Å². The molecule has 1 saturated carbocycles. The molecule has 0 saturated heterocycles. The molecule has 1 fully saturated rings. The Labute approximate surface area is 109 Å². The number of ketones is 2. The predicted octanol–water partition coefficient (Wildman–Crippen LogP) is 3.87. The maximum atomic E-state index is 14.5. The van der Waals surface area contributed by atoms with Gasteiger partial charge in [0.25, 0.3) is 0 Å². The van der Waals surface area contributed by atoms with Crippen LogP contribution in [0.1, 0.15) is 66.2 Å². The number of alkyl halides is 1. The second-order valence-electron chi connectivity index (χ2n) is 6.87. The summed E-state index contributed by atoms with van der Waals surface area (Å²) in [5.74, 6) is -0.397. The van der Waals surface area contributed by atoms with Crippen molar-refractivity contribution in [1.82, 2.24) is 0 Å². The minimum atomic E-state index is -1.75. The molecular formula is C15H25FO2. The Morgan fingerprint density at radius 3 is 2.06 bits per heavy atom. The Morgan fingerprint density at radius 1 is 1.11 bits per heavy atom. The maximum absolute atomic E-state index is 14.5. The van der Waals surface area contributed by atoms with Gasteiger partial charge in [0.05, 0.1) is 6.42 Å². The van der Waals surface area contributed by atoms with E-state index in [0.717, 1.165) is 0 Å². The summed E-state index contributed by atoms with van der Waals surface area (Å²) in [6.45, 7) is 8.05. The van der Waals surface area contributed by atoms with Crippen LogP contribution in [0.15, 0.2) is 0 Å². The molecule has 2 nitrogen and oxygen atoms in total. The number of carbonyl (C=O) groups is 2. The van der Waals surface area contributed by atoms with Gasteiger partial charge >= 0.3 is 0 Å². The lowest BCUT2D eigenvalue weighted by Crippen LogP contribution is -2.41. The minimum absolute atomic E-state index is 0.123. The van der Waals surface area contributed by atoms with Gasteiger partial charge < -0.3 is 0 Å². The molecule has 0 spiro atoms. The fourth-order valence-corrected chi connectivity index (χ4v) is 2.47. The highest BCUT2D eigenvalue weighted by Gasteiger charge is 2.44. The first kappa shape index (κ1) is 15.3. The number of hydrogen-bond acceptors (Lipinski definition) is 2. The molecule has 104 valence electrons. The summed E-state index contributed by atoms with van der Waals surface area (Å²) in [4.78, 5) is 23.5. The van der Waals surface area contributed by atoms with E-state index in [1.54, 1.807) is 0 Å². The summed E-state index contributed by atoms with van der Waals surface area (Å²) in [7, 11) is 0. The Kier molecular flexibility index (Phi) is 4.68. The molecule has 0 heterocycles. The molecule has 0 aromatic carbocycles. The van der Waals surface area contributed by atoms with Gasteiger partial charge in [-0.25, -0.2) is 4.39 Å². The topological polar surface area (TPSA) is 34.1 Å². The molecular weight excluding hydrogens is 231 g/mol. The molecule has 0 atom stereocenters. The largest absolute Gasteiger partial charge is 0.299 e. The van der Waals surface area contributed by atoms with Gasteiger partial charge in [0.2, 0.25) is 0 Å². The zero-order chi connectivity index (χ0) is 14.0. The second-order valence-corrected chi connectivity index (χ2v) is 6.87. The van der Waals surface area contributed by atoms with E-state index < -0.39 is 11.5 Å². The minimum Gasteiger partial charge on any atom is -0.299 e. The van der Waals surface area contributed by atoms with E-state index in [2.05, 4.69) is 13.8 Å². The molecule has 1 aliphatic carbocycles. The van der Waals surface area contributed by atoms with Crippen molar-refractivity contribution in [3.8, 4) is 0 Å². The monoisotopic (exact) mass is 256 g/mol. The fourth-order valence-electron chi connectivity index (χ4n) is 2.47. The molecule has 3 heteroatoms. The zero-order valence-electron chi connectivity index (χ0n) is 12.0. The van der Waals surface area contributed by atoms with Crippen molar-refractivity contribution in [1.29, 1.82) is 0 Å². The normalized spacial score (nSPS) is 21.9. The van der Waals surface area contributed by atoms with Crippen LogP contribution in [0, 0.1) is 11.3 Å². The number of carbonyl (C=O) groups excluding carboxylic acids is 2. The van der Waals surface area contributed by atoms with Crippen molar-refractivity contribution >= 4 is 11.6 Å².